The van der Waals surface area contributed by atoms with Gasteiger partial charge >= 0.3 is 5.51 Å². The van der Waals surface area contributed by atoms with Gasteiger partial charge in [-0.1, -0.05) is 18.2 Å². The van der Waals surface area contributed by atoms with E-state index in [1.807, 2.05) is 0 Å². The molecule has 1 aliphatic rings. The summed E-state index contributed by atoms with van der Waals surface area (Å²) < 4.78 is 36.0. The number of carbonyl (C=O) groups is 1. The minimum Gasteiger partial charge on any atom is -0.314 e. The molecule has 0 saturated heterocycles. The van der Waals surface area contributed by atoms with Crippen molar-refractivity contribution in [3.8, 4) is 0 Å². The number of hydrogen-bond donors (Lipinski definition) is 0. The monoisotopic (exact) mass is 261 g/mol. The molecule has 2 rings (SSSR count). The zero-order chi connectivity index (χ0) is 12.8. The fourth-order valence-electron chi connectivity index (χ4n) is 2.04. The number of anilines is 1. The van der Waals surface area contributed by atoms with Crippen molar-refractivity contribution in [2.45, 2.75) is 17.2 Å². The minimum atomic E-state index is -4.44. The van der Waals surface area contributed by atoms with Gasteiger partial charge in [-0.25, -0.2) is 0 Å². The Labute approximate surface area is 101 Å². The lowest BCUT2D eigenvalue weighted by Crippen LogP contribution is -2.35. The highest BCUT2D eigenvalue weighted by molar-refractivity contribution is 8.01. The third-order valence-electron chi connectivity index (χ3n) is 2.81. The number of halogens is 3. The zero-order valence-electron chi connectivity index (χ0n) is 9.21. The highest BCUT2D eigenvalue weighted by Gasteiger charge is 2.52. The first-order valence-electron chi connectivity index (χ1n) is 4.90. The summed E-state index contributed by atoms with van der Waals surface area (Å²) in [7, 11) is 1.49. The summed E-state index contributed by atoms with van der Waals surface area (Å²) in [5.74, 6) is -0.541. The van der Waals surface area contributed by atoms with Crippen LogP contribution in [0.5, 0.6) is 0 Å². The Balaban J connectivity index is 2.52. The third kappa shape index (κ3) is 1.90. The van der Waals surface area contributed by atoms with Gasteiger partial charge in [0.25, 0.3) is 0 Å². The molecule has 0 saturated carbocycles. The number of alkyl halides is 3. The molecule has 0 bridgehead atoms. The standard InChI is InChI=1S/C11H10F3NOS/c1-10(17-11(12,13)14)7-5-3-4-6-8(7)15(2)9(10)16/h3-6H,1-2H3. The predicted octanol–water partition coefficient (Wildman–Crippen LogP) is 3.13. The van der Waals surface area contributed by atoms with Crippen LogP contribution < -0.4 is 4.90 Å². The summed E-state index contributed by atoms with van der Waals surface area (Å²) >= 11 is -0.270. The van der Waals surface area contributed by atoms with Crippen LogP contribution in [0.3, 0.4) is 0 Å². The number of thioether (sulfide) groups is 1. The molecule has 92 valence electrons. The molecule has 0 aliphatic carbocycles. The SMILES string of the molecule is CN1C(=O)C(C)(SC(F)(F)F)c2ccccc21. The normalized spacial score (nSPS) is 24.1. The Kier molecular flexibility index (Phi) is 2.65. The highest BCUT2D eigenvalue weighted by atomic mass is 32.2. The van der Waals surface area contributed by atoms with E-state index in [4.69, 9.17) is 0 Å². The molecule has 0 aromatic heterocycles. The molecule has 2 nitrogen and oxygen atoms in total. The fourth-order valence-corrected chi connectivity index (χ4v) is 3.01. The maximum atomic E-state index is 12.5. The van der Waals surface area contributed by atoms with E-state index in [0.29, 0.717) is 11.3 Å². The van der Waals surface area contributed by atoms with E-state index in [1.54, 1.807) is 24.3 Å². The van der Waals surface area contributed by atoms with Crippen LogP contribution in [0, 0.1) is 0 Å². The maximum Gasteiger partial charge on any atom is 0.443 e. The molecule has 0 fully saturated rings. The lowest BCUT2D eigenvalue weighted by molar-refractivity contribution is -0.120. The van der Waals surface area contributed by atoms with Crippen molar-refractivity contribution in [3.05, 3.63) is 29.8 Å². The molecule has 1 atom stereocenters. The topological polar surface area (TPSA) is 20.3 Å². The lowest BCUT2D eigenvalue weighted by Gasteiger charge is -2.23. The average molecular weight is 261 g/mol. The van der Waals surface area contributed by atoms with E-state index in [1.165, 1.54) is 18.9 Å². The Morgan fingerprint density at radius 1 is 1.29 bits per heavy atom. The van der Waals surface area contributed by atoms with Crippen molar-refractivity contribution in [3.63, 3.8) is 0 Å². The van der Waals surface area contributed by atoms with E-state index in [2.05, 4.69) is 0 Å². The molecule has 6 heteroatoms. The summed E-state index contributed by atoms with van der Waals surface area (Å²) in [6.07, 6.45) is 0. The Bertz CT molecular complexity index is 474. The Morgan fingerprint density at radius 3 is 2.47 bits per heavy atom. The number of para-hydroxylation sites is 1. The molecule has 17 heavy (non-hydrogen) atoms. The van der Waals surface area contributed by atoms with E-state index < -0.39 is 16.2 Å². The number of benzene rings is 1. The zero-order valence-corrected chi connectivity index (χ0v) is 10.0. The molecule has 1 amide bonds. The number of likely N-dealkylation sites (N-methyl/N-ethyl adjacent to an activating group) is 1. The lowest BCUT2D eigenvalue weighted by atomic mass is 10.0. The summed E-state index contributed by atoms with van der Waals surface area (Å²) in [6.45, 7) is 1.32. The molecule has 1 aliphatic heterocycles. The van der Waals surface area contributed by atoms with Crippen molar-refractivity contribution in [2.24, 2.45) is 0 Å². The molecule has 1 heterocycles. The number of amides is 1. The van der Waals surface area contributed by atoms with Gasteiger partial charge in [-0.3, -0.25) is 4.79 Å². The van der Waals surface area contributed by atoms with Gasteiger partial charge in [-0.05, 0) is 24.8 Å². The predicted molar refractivity (Wildman–Crippen MR) is 60.9 cm³/mol. The first kappa shape index (κ1) is 12.3. The molecule has 0 spiro atoms. The van der Waals surface area contributed by atoms with Crippen LogP contribution in [-0.2, 0) is 9.54 Å². The third-order valence-corrected chi connectivity index (χ3v) is 3.85. The van der Waals surface area contributed by atoms with Crippen LogP contribution >= 0.6 is 11.8 Å². The second-order valence-corrected chi connectivity index (χ2v) is 5.45. The van der Waals surface area contributed by atoms with Crippen molar-refractivity contribution in [1.82, 2.24) is 0 Å². The molecule has 0 N–H and O–H groups in total. The Morgan fingerprint density at radius 2 is 1.88 bits per heavy atom. The van der Waals surface area contributed by atoms with E-state index in [-0.39, 0.29) is 11.8 Å². The van der Waals surface area contributed by atoms with Gasteiger partial charge in [0.1, 0.15) is 4.75 Å². The van der Waals surface area contributed by atoms with E-state index in [9.17, 15) is 18.0 Å². The summed E-state index contributed by atoms with van der Waals surface area (Å²) in [5, 5.41) is 0. The smallest absolute Gasteiger partial charge is 0.314 e. The second kappa shape index (κ2) is 3.66. The van der Waals surface area contributed by atoms with E-state index in [0.717, 1.165) is 0 Å². The van der Waals surface area contributed by atoms with Crippen LogP contribution in [-0.4, -0.2) is 18.5 Å². The van der Waals surface area contributed by atoms with Gasteiger partial charge in [0, 0.05) is 18.3 Å². The van der Waals surface area contributed by atoms with Crippen LogP contribution in [0.25, 0.3) is 0 Å². The van der Waals surface area contributed by atoms with Crippen molar-refractivity contribution in [1.29, 1.82) is 0 Å². The molecule has 1 aromatic rings. The Hall–Kier alpha value is -1.17. The van der Waals surface area contributed by atoms with Crippen molar-refractivity contribution in [2.75, 3.05) is 11.9 Å². The number of hydrogen-bond acceptors (Lipinski definition) is 2. The summed E-state index contributed by atoms with van der Waals surface area (Å²) in [6, 6.07) is 6.55. The van der Waals surface area contributed by atoms with Gasteiger partial charge in [-0.2, -0.15) is 13.2 Å². The maximum absolute atomic E-state index is 12.5. The van der Waals surface area contributed by atoms with Gasteiger partial charge in [0.2, 0.25) is 5.91 Å². The molecule has 0 radical (unpaired) electrons. The van der Waals surface area contributed by atoms with Gasteiger partial charge in [0.05, 0.1) is 0 Å². The first-order valence-corrected chi connectivity index (χ1v) is 5.72. The number of rotatable bonds is 1. The second-order valence-electron chi connectivity index (χ2n) is 3.96. The number of fused-ring (bicyclic) bond motifs is 1. The summed E-state index contributed by atoms with van der Waals surface area (Å²) in [5.41, 5.74) is -3.49. The van der Waals surface area contributed by atoms with Crippen LogP contribution in [0.15, 0.2) is 24.3 Å². The van der Waals surface area contributed by atoms with E-state index >= 15 is 0 Å². The van der Waals surface area contributed by atoms with Crippen LogP contribution in [0.1, 0.15) is 12.5 Å². The average Bonchev–Trinajstić information content (AvgIpc) is 2.40. The van der Waals surface area contributed by atoms with Gasteiger partial charge < -0.3 is 4.90 Å². The number of carbonyl (C=O) groups excluding carboxylic acids is 1. The van der Waals surface area contributed by atoms with Crippen LogP contribution in [0.4, 0.5) is 18.9 Å². The highest BCUT2D eigenvalue weighted by Crippen LogP contribution is 2.53. The fraction of sp³-hybridized carbons (Fsp3) is 0.364. The van der Waals surface area contributed by atoms with Crippen LogP contribution in [0.2, 0.25) is 0 Å². The summed E-state index contributed by atoms with van der Waals surface area (Å²) in [4.78, 5) is 13.2. The quantitative estimate of drug-likeness (QED) is 0.774. The van der Waals surface area contributed by atoms with Gasteiger partial charge in [0.15, 0.2) is 0 Å². The molecule has 1 unspecified atom stereocenters. The molecular weight excluding hydrogens is 251 g/mol. The largest absolute Gasteiger partial charge is 0.443 e. The van der Waals surface area contributed by atoms with Crippen molar-refractivity contribution < 1.29 is 18.0 Å². The molecule has 1 aromatic carbocycles. The molecular formula is C11H10F3NOS. The van der Waals surface area contributed by atoms with Crippen molar-refractivity contribution >= 4 is 23.4 Å². The minimum absolute atomic E-state index is 0.270. The van der Waals surface area contributed by atoms with Gasteiger partial charge in [-0.15, -0.1) is 0 Å². The number of nitrogens with zero attached hydrogens (tertiary/aromatic N) is 1. The first-order chi connectivity index (χ1) is 7.76.